The van der Waals surface area contributed by atoms with Crippen LogP contribution >= 0.6 is 0 Å². The summed E-state index contributed by atoms with van der Waals surface area (Å²) >= 11 is 0. The number of rotatable bonds is 1. The zero-order valence-corrected chi connectivity index (χ0v) is 7.42. The summed E-state index contributed by atoms with van der Waals surface area (Å²) in [7, 11) is 0. The van der Waals surface area contributed by atoms with Crippen LogP contribution in [0.3, 0.4) is 0 Å². The first-order valence-electron chi connectivity index (χ1n) is 4.33. The number of aryl methyl sites for hydroxylation is 1. The van der Waals surface area contributed by atoms with E-state index in [1.807, 2.05) is 6.07 Å². The van der Waals surface area contributed by atoms with Crippen molar-refractivity contribution in [2.45, 2.75) is 19.9 Å². The maximum Gasteiger partial charge on any atom is 0.320 e. The third-order valence-electron chi connectivity index (χ3n) is 2.19. The van der Waals surface area contributed by atoms with Gasteiger partial charge in [-0.1, -0.05) is 6.92 Å². The molecule has 0 bridgehead atoms. The summed E-state index contributed by atoms with van der Waals surface area (Å²) in [4.78, 5) is 15.1. The van der Waals surface area contributed by atoms with Crippen LogP contribution in [-0.2, 0) is 13.0 Å². The Bertz CT molecular complexity index is 349. The maximum absolute atomic E-state index is 11.0. The molecule has 0 aliphatic carbocycles. The highest BCUT2D eigenvalue weighted by molar-refractivity contribution is 5.91. The first-order chi connectivity index (χ1) is 6.31. The number of fused-ring (bicyclic) bond motifs is 1. The number of carbonyl (C=O) groups is 1. The standard InChI is InChI=1S/C9H11N3O/c1-2-6-3-4-10-8-7(6)5-11-9(13)12-8/h3-4H,2,5H2,1H3,(H2,10,11,12,13). The molecule has 2 N–H and O–H groups in total. The van der Waals surface area contributed by atoms with Gasteiger partial charge in [0.05, 0.1) is 0 Å². The number of hydrogen-bond acceptors (Lipinski definition) is 2. The molecule has 1 aromatic heterocycles. The minimum Gasteiger partial charge on any atom is -0.334 e. The molecule has 68 valence electrons. The number of hydrogen-bond donors (Lipinski definition) is 2. The van der Waals surface area contributed by atoms with Crippen LogP contribution in [0, 0.1) is 0 Å². The van der Waals surface area contributed by atoms with Crippen LogP contribution in [0.2, 0.25) is 0 Å². The van der Waals surface area contributed by atoms with Crippen LogP contribution in [0.1, 0.15) is 18.1 Å². The fourth-order valence-corrected chi connectivity index (χ4v) is 1.49. The Morgan fingerprint density at radius 1 is 1.62 bits per heavy atom. The predicted molar refractivity (Wildman–Crippen MR) is 49.5 cm³/mol. The number of nitrogens with one attached hydrogen (secondary N) is 2. The molecule has 0 saturated heterocycles. The van der Waals surface area contributed by atoms with Crippen LogP contribution in [0.4, 0.5) is 10.6 Å². The minimum atomic E-state index is -0.173. The first-order valence-corrected chi connectivity index (χ1v) is 4.33. The van der Waals surface area contributed by atoms with Gasteiger partial charge in [-0.05, 0) is 18.1 Å². The Morgan fingerprint density at radius 3 is 3.23 bits per heavy atom. The number of nitrogens with zero attached hydrogens (tertiary/aromatic N) is 1. The molecule has 0 atom stereocenters. The molecule has 1 aliphatic rings. The van der Waals surface area contributed by atoms with Gasteiger partial charge in [0.1, 0.15) is 5.82 Å². The highest BCUT2D eigenvalue weighted by atomic mass is 16.2. The van der Waals surface area contributed by atoms with Crippen molar-refractivity contribution in [3.8, 4) is 0 Å². The molecule has 0 spiro atoms. The molecule has 0 unspecified atom stereocenters. The van der Waals surface area contributed by atoms with Gasteiger partial charge in [0, 0.05) is 18.3 Å². The van der Waals surface area contributed by atoms with E-state index in [2.05, 4.69) is 22.5 Å². The van der Waals surface area contributed by atoms with Crippen molar-refractivity contribution in [2.24, 2.45) is 0 Å². The first kappa shape index (κ1) is 8.04. The van der Waals surface area contributed by atoms with Crippen LogP contribution < -0.4 is 10.6 Å². The van der Waals surface area contributed by atoms with Crippen LogP contribution in [-0.4, -0.2) is 11.0 Å². The molecule has 2 amide bonds. The van der Waals surface area contributed by atoms with E-state index in [0.717, 1.165) is 12.0 Å². The number of aromatic nitrogens is 1. The lowest BCUT2D eigenvalue weighted by atomic mass is 10.1. The van der Waals surface area contributed by atoms with Gasteiger partial charge < -0.3 is 5.32 Å². The summed E-state index contributed by atoms with van der Waals surface area (Å²) in [6.45, 7) is 2.67. The zero-order valence-electron chi connectivity index (χ0n) is 7.42. The summed E-state index contributed by atoms with van der Waals surface area (Å²) in [5.41, 5.74) is 2.34. The Hall–Kier alpha value is -1.58. The van der Waals surface area contributed by atoms with Crippen molar-refractivity contribution >= 4 is 11.8 Å². The van der Waals surface area contributed by atoms with Crippen molar-refractivity contribution < 1.29 is 4.79 Å². The van der Waals surface area contributed by atoms with Crippen LogP contribution in [0.5, 0.6) is 0 Å². The molecular weight excluding hydrogens is 166 g/mol. The van der Waals surface area contributed by atoms with Gasteiger partial charge in [0.15, 0.2) is 0 Å². The van der Waals surface area contributed by atoms with E-state index in [1.54, 1.807) is 6.20 Å². The molecule has 0 aromatic carbocycles. The van der Waals surface area contributed by atoms with Gasteiger partial charge in [0.25, 0.3) is 0 Å². The largest absolute Gasteiger partial charge is 0.334 e. The normalized spacial score (nSPS) is 14.4. The average Bonchev–Trinajstić information content (AvgIpc) is 2.16. The third-order valence-corrected chi connectivity index (χ3v) is 2.19. The summed E-state index contributed by atoms with van der Waals surface area (Å²) in [5, 5.41) is 5.40. The fourth-order valence-electron chi connectivity index (χ4n) is 1.49. The second-order valence-corrected chi connectivity index (χ2v) is 2.96. The molecule has 1 aromatic rings. The van der Waals surface area contributed by atoms with Crippen molar-refractivity contribution in [2.75, 3.05) is 5.32 Å². The highest BCUT2D eigenvalue weighted by Gasteiger charge is 2.16. The van der Waals surface area contributed by atoms with Gasteiger partial charge in [-0.2, -0.15) is 0 Å². The van der Waals surface area contributed by atoms with Crippen molar-refractivity contribution in [3.63, 3.8) is 0 Å². The quantitative estimate of drug-likeness (QED) is 0.678. The van der Waals surface area contributed by atoms with Gasteiger partial charge in [-0.3, -0.25) is 5.32 Å². The number of carbonyl (C=O) groups excluding carboxylic acids is 1. The monoisotopic (exact) mass is 177 g/mol. The molecular formula is C9H11N3O. The summed E-state index contributed by atoms with van der Waals surface area (Å²) in [5.74, 6) is 0.697. The maximum atomic E-state index is 11.0. The molecule has 0 fully saturated rings. The van der Waals surface area contributed by atoms with Crippen molar-refractivity contribution in [3.05, 3.63) is 23.4 Å². The van der Waals surface area contributed by atoms with E-state index in [0.29, 0.717) is 12.4 Å². The van der Waals surface area contributed by atoms with Crippen molar-refractivity contribution in [1.29, 1.82) is 0 Å². The van der Waals surface area contributed by atoms with Gasteiger partial charge in [0.2, 0.25) is 0 Å². The van der Waals surface area contributed by atoms with E-state index in [9.17, 15) is 4.79 Å². The van der Waals surface area contributed by atoms with E-state index in [1.165, 1.54) is 5.56 Å². The lowest BCUT2D eigenvalue weighted by Crippen LogP contribution is -2.34. The molecule has 4 nitrogen and oxygen atoms in total. The Kier molecular flexibility index (Phi) is 1.88. The second-order valence-electron chi connectivity index (χ2n) is 2.96. The van der Waals surface area contributed by atoms with Crippen molar-refractivity contribution in [1.82, 2.24) is 10.3 Å². The average molecular weight is 177 g/mol. The van der Waals surface area contributed by atoms with Gasteiger partial charge in [-0.15, -0.1) is 0 Å². The zero-order chi connectivity index (χ0) is 9.26. The Labute approximate surface area is 76.4 Å². The highest BCUT2D eigenvalue weighted by Crippen LogP contribution is 2.20. The Balaban J connectivity index is 2.45. The number of amides is 2. The van der Waals surface area contributed by atoms with E-state index >= 15 is 0 Å². The molecule has 2 rings (SSSR count). The van der Waals surface area contributed by atoms with Gasteiger partial charge >= 0.3 is 6.03 Å². The molecule has 1 aliphatic heterocycles. The lowest BCUT2D eigenvalue weighted by Gasteiger charge is -2.19. The predicted octanol–water partition coefficient (Wildman–Crippen LogP) is 1.28. The topological polar surface area (TPSA) is 54.0 Å². The number of pyridine rings is 1. The third kappa shape index (κ3) is 1.35. The molecule has 13 heavy (non-hydrogen) atoms. The van der Waals surface area contributed by atoms with E-state index in [-0.39, 0.29) is 6.03 Å². The van der Waals surface area contributed by atoms with Gasteiger partial charge in [-0.25, -0.2) is 9.78 Å². The smallest absolute Gasteiger partial charge is 0.320 e. The molecule has 0 radical (unpaired) electrons. The summed E-state index contributed by atoms with van der Waals surface area (Å²) < 4.78 is 0. The molecule has 2 heterocycles. The summed E-state index contributed by atoms with van der Waals surface area (Å²) in [6, 6.07) is 1.81. The Morgan fingerprint density at radius 2 is 2.46 bits per heavy atom. The molecule has 0 saturated carbocycles. The lowest BCUT2D eigenvalue weighted by molar-refractivity contribution is 0.250. The number of urea groups is 1. The number of anilines is 1. The minimum absolute atomic E-state index is 0.173. The van der Waals surface area contributed by atoms with Crippen LogP contribution in [0.15, 0.2) is 12.3 Å². The van der Waals surface area contributed by atoms with E-state index < -0.39 is 0 Å². The second kappa shape index (κ2) is 3.05. The molecule has 4 heteroatoms. The summed E-state index contributed by atoms with van der Waals surface area (Å²) in [6.07, 6.45) is 2.69. The van der Waals surface area contributed by atoms with Crippen LogP contribution in [0.25, 0.3) is 0 Å². The van der Waals surface area contributed by atoms with E-state index in [4.69, 9.17) is 0 Å². The SMILES string of the molecule is CCc1ccnc2c1CNC(=O)N2. The fraction of sp³-hybridized carbons (Fsp3) is 0.333.